The third kappa shape index (κ3) is 4.40. The minimum Gasteiger partial charge on any atom is -0.462 e. The Kier molecular flexibility index (Phi) is 7.80. The van der Waals surface area contributed by atoms with Crippen LogP contribution in [-0.2, 0) is 28.5 Å². The van der Waals surface area contributed by atoms with Crippen molar-refractivity contribution in [1.29, 1.82) is 0 Å². The van der Waals surface area contributed by atoms with Crippen LogP contribution >= 0.6 is 0 Å². The van der Waals surface area contributed by atoms with Gasteiger partial charge in [0.2, 0.25) is 5.79 Å². The van der Waals surface area contributed by atoms with E-state index in [0.29, 0.717) is 11.8 Å². The van der Waals surface area contributed by atoms with E-state index in [0.717, 1.165) is 44.9 Å². The van der Waals surface area contributed by atoms with Gasteiger partial charge < -0.3 is 39.4 Å². The summed E-state index contributed by atoms with van der Waals surface area (Å²) in [6, 6.07) is 0. The van der Waals surface area contributed by atoms with Crippen LogP contribution in [0.5, 0.6) is 0 Å². The van der Waals surface area contributed by atoms with Gasteiger partial charge in [-0.2, -0.15) is 0 Å². The zero-order valence-corrected chi connectivity index (χ0v) is 29.5. The topological polar surface area (TPSA) is 152 Å². The van der Waals surface area contributed by atoms with Crippen LogP contribution in [0, 0.1) is 56.7 Å². The first kappa shape index (κ1) is 34.3. The second kappa shape index (κ2) is 10.7. The molecule has 0 bridgehead atoms. The van der Waals surface area contributed by atoms with Gasteiger partial charge in [-0.1, -0.05) is 48.5 Å². The Labute approximate surface area is 279 Å². The molecular weight excluding hydrogens is 604 g/mol. The molecule has 10 heteroatoms. The van der Waals surface area contributed by atoms with Crippen molar-refractivity contribution in [2.24, 2.45) is 56.7 Å². The monoisotopic (exact) mass is 662 g/mol. The summed E-state index contributed by atoms with van der Waals surface area (Å²) in [6.07, 6.45) is 1.06. The maximum absolute atomic E-state index is 13.2. The molecule has 266 valence electrons. The molecule has 7 fully saturated rings. The Hall–Kier alpha value is -1.14. The molecule has 7 rings (SSSR count). The number of rotatable bonds is 5. The number of fused-ring (bicyclic) bond motifs is 4. The molecule has 0 aromatic carbocycles. The Morgan fingerprint density at radius 3 is 2.23 bits per heavy atom. The highest BCUT2D eigenvalue weighted by molar-refractivity contribution is 5.87. The first-order valence-electron chi connectivity index (χ1n) is 18.2. The fourth-order valence-corrected chi connectivity index (χ4v) is 13.7. The number of ketones is 1. The minimum atomic E-state index is -1.80. The Morgan fingerprint density at radius 2 is 1.57 bits per heavy atom. The molecule has 2 aliphatic heterocycles. The van der Waals surface area contributed by atoms with Crippen molar-refractivity contribution in [2.75, 3.05) is 6.61 Å². The van der Waals surface area contributed by atoms with Crippen molar-refractivity contribution in [3.8, 4) is 0 Å². The molecular formula is C37H58O10. The number of esters is 1. The van der Waals surface area contributed by atoms with Crippen LogP contribution < -0.4 is 0 Å². The van der Waals surface area contributed by atoms with Gasteiger partial charge in [-0.05, 0) is 90.3 Å². The predicted octanol–water partition coefficient (Wildman–Crippen LogP) is 3.74. The van der Waals surface area contributed by atoms with E-state index in [2.05, 4.69) is 34.6 Å². The summed E-state index contributed by atoms with van der Waals surface area (Å²) in [4.78, 5) is 26.0. The lowest BCUT2D eigenvalue weighted by atomic mass is 9.41. The molecule has 10 nitrogen and oxygen atoms in total. The molecule has 7 aliphatic rings. The van der Waals surface area contributed by atoms with E-state index in [9.17, 15) is 30.0 Å². The summed E-state index contributed by atoms with van der Waals surface area (Å²) in [5.41, 5.74) is -0.797. The van der Waals surface area contributed by atoms with Crippen LogP contribution in [0.15, 0.2) is 0 Å². The van der Waals surface area contributed by atoms with Crippen LogP contribution in [0.25, 0.3) is 0 Å². The maximum atomic E-state index is 13.2. The predicted molar refractivity (Wildman–Crippen MR) is 169 cm³/mol. The first-order chi connectivity index (χ1) is 21.8. The third-order valence-corrected chi connectivity index (χ3v) is 15.6. The fraction of sp³-hybridized carbons (Fsp3) is 0.946. The molecule has 4 N–H and O–H groups in total. The third-order valence-electron chi connectivity index (χ3n) is 15.6. The molecule has 2 saturated heterocycles. The van der Waals surface area contributed by atoms with Gasteiger partial charge in [-0.15, -0.1) is 0 Å². The SMILES string of the molecule is CC(=O)O[C@@H]1C[C@@]23C[C@@]24CC[C@H](O[C@@H]2OC[C@@H](O)[C@H](O)[C@H]2O)C(C)(C)[C@@H]4CC[C@H]3[C@]2(C)C[C@@H]3O[C@](O)(C(=O)C(C)C)C[C@@H](C)[C@@H]3[C@@]12C. The molecule has 0 unspecified atom stereocenters. The number of carbonyl (C=O) groups is 2. The molecule has 5 saturated carbocycles. The number of hydrogen-bond donors (Lipinski definition) is 4. The van der Waals surface area contributed by atoms with Crippen LogP contribution in [-0.4, -0.2) is 87.5 Å². The average molecular weight is 663 g/mol. The van der Waals surface area contributed by atoms with Gasteiger partial charge in [0.25, 0.3) is 0 Å². The normalized spacial score (nSPS) is 56.0. The Balaban J connectivity index is 1.21. The number of aliphatic hydroxyl groups excluding tert-OH is 3. The van der Waals surface area contributed by atoms with E-state index in [-0.39, 0.29) is 87.9 Å². The molecule has 0 radical (unpaired) electrons. The zero-order valence-electron chi connectivity index (χ0n) is 29.5. The number of Topliss-reactive ketones (excluding diaryl/α,β-unsaturated/α-hetero) is 1. The summed E-state index contributed by atoms with van der Waals surface area (Å²) >= 11 is 0. The van der Waals surface area contributed by atoms with Gasteiger partial charge in [0.1, 0.15) is 24.4 Å². The van der Waals surface area contributed by atoms with Crippen molar-refractivity contribution < 1.29 is 49.0 Å². The number of ether oxygens (including phenoxy) is 4. The van der Waals surface area contributed by atoms with Crippen LogP contribution in [0.1, 0.15) is 107 Å². The highest BCUT2D eigenvalue weighted by atomic mass is 16.7. The zero-order chi connectivity index (χ0) is 34.3. The second-order valence-electron chi connectivity index (χ2n) is 18.3. The summed E-state index contributed by atoms with van der Waals surface area (Å²) in [5, 5.41) is 42.5. The number of aliphatic hydroxyl groups is 4. The Bertz CT molecular complexity index is 1300. The molecule has 5 aliphatic carbocycles. The van der Waals surface area contributed by atoms with E-state index < -0.39 is 30.4 Å². The van der Waals surface area contributed by atoms with Crippen molar-refractivity contribution in [3.63, 3.8) is 0 Å². The van der Waals surface area contributed by atoms with Crippen LogP contribution in [0.4, 0.5) is 0 Å². The van der Waals surface area contributed by atoms with Gasteiger partial charge in [-0.3, -0.25) is 9.59 Å². The summed E-state index contributed by atoms with van der Waals surface area (Å²) in [7, 11) is 0. The molecule has 0 aromatic rings. The van der Waals surface area contributed by atoms with E-state index in [1.807, 2.05) is 13.8 Å². The van der Waals surface area contributed by atoms with E-state index in [1.54, 1.807) is 0 Å². The van der Waals surface area contributed by atoms with Crippen molar-refractivity contribution >= 4 is 11.8 Å². The van der Waals surface area contributed by atoms with Crippen molar-refractivity contribution in [2.45, 2.75) is 155 Å². The summed E-state index contributed by atoms with van der Waals surface area (Å²) < 4.78 is 25.0. The highest BCUT2D eigenvalue weighted by Gasteiger charge is 2.85. The molecule has 2 heterocycles. The summed E-state index contributed by atoms with van der Waals surface area (Å²) in [5.74, 6) is -1.90. The van der Waals surface area contributed by atoms with Gasteiger partial charge in [0, 0.05) is 24.7 Å². The van der Waals surface area contributed by atoms with E-state index in [4.69, 9.17) is 18.9 Å². The van der Waals surface area contributed by atoms with E-state index in [1.165, 1.54) is 6.92 Å². The molecule has 2 spiro atoms. The van der Waals surface area contributed by atoms with Crippen LogP contribution in [0.3, 0.4) is 0 Å². The molecule has 47 heavy (non-hydrogen) atoms. The molecule has 16 atom stereocenters. The second-order valence-corrected chi connectivity index (χ2v) is 18.3. The number of hydrogen-bond acceptors (Lipinski definition) is 10. The van der Waals surface area contributed by atoms with E-state index >= 15 is 0 Å². The largest absolute Gasteiger partial charge is 0.462 e. The Morgan fingerprint density at radius 1 is 0.894 bits per heavy atom. The lowest BCUT2D eigenvalue weighted by Gasteiger charge is -2.65. The van der Waals surface area contributed by atoms with Crippen molar-refractivity contribution in [1.82, 2.24) is 0 Å². The van der Waals surface area contributed by atoms with Gasteiger partial charge >= 0.3 is 5.97 Å². The molecule has 0 aromatic heterocycles. The van der Waals surface area contributed by atoms with Crippen molar-refractivity contribution in [3.05, 3.63) is 0 Å². The highest BCUT2D eigenvalue weighted by Crippen LogP contribution is 2.89. The lowest BCUT2D eigenvalue weighted by molar-refractivity contribution is -0.303. The fourth-order valence-electron chi connectivity index (χ4n) is 13.7. The van der Waals surface area contributed by atoms with Gasteiger partial charge in [0.15, 0.2) is 12.1 Å². The summed E-state index contributed by atoms with van der Waals surface area (Å²) in [6.45, 7) is 16.4. The first-order valence-corrected chi connectivity index (χ1v) is 18.2. The standard InChI is InChI=1S/C37H58O10/c1-18(2)30(42)37(43)13-19(3)27-22(47-37)14-33(7)24-10-9-23-32(5,6)25(46-31-29(41)28(40)21(39)16-44-31)11-12-35(23)17-36(24,35)15-26(34(27,33)8)45-20(4)38/h18-19,21-29,31,39-41,43H,9-17H2,1-8H3/t19-,21-,22+,23+,24+,25+,26-,27+,28+,29-,31+,33+,34-,35-,36+,37+/m1/s1. The maximum Gasteiger partial charge on any atom is 0.302 e. The smallest absolute Gasteiger partial charge is 0.302 e. The van der Waals surface area contributed by atoms with Gasteiger partial charge in [0.05, 0.1) is 18.8 Å². The van der Waals surface area contributed by atoms with Gasteiger partial charge in [-0.25, -0.2) is 0 Å². The van der Waals surface area contributed by atoms with Crippen LogP contribution in [0.2, 0.25) is 0 Å². The minimum absolute atomic E-state index is 0.00548. The lowest BCUT2D eigenvalue weighted by Crippen LogP contribution is -2.64. The molecule has 0 amide bonds. The average Bonchev–Trinajstić information content (AvgIpc) is 3.56. The number of carbonyl (C=O) groups excluding carboxylic acids is 2. The quantitative estimate of drug-likeness (QED) is 0.253.